The van der Waals surface area contributed by atoms with Crippen LogP contribution in [-0.2, 0) is 9.53 Å². The zero-order valence-electron chi connectivity index (χ0n) is 13.2. The van der Waals surface area contributed by atoms with Crippen molar-refractivity contribution in [3.05, 3.63) is 35.6 Å². The van der Waals surface area contributed by atoms with Crippen molar-refractivity contribution in [2.24, 2.45) is 5.41 Å². The van der Waals surface area contributed by atoms with Gasteiger partial charge in [-0.25, -0.2) is 4.39 Å². The first-order valence-electron chi connectivity index (χ1n) is 7.30. The minimum atomic E-state index is -0.852. The number of unbranched alkanes of at least 4 members (excludes halogenated alkanes) is 2. The molecule has 0 aliphatic heterocycles. The summed E-state index contributed by atoms with van der Waals surface area (Å²) in [6, 6.07) is 6.27. The Bertz CT molecular complexity index is 532. The van der Waals surface area contributed by atoms with Crippen LogP contribution in [0.25, 0.3) is 0 Å². The van der Waals surface area contributed by atoms with Crippen LogP contribution >= 0.6 is 0 Å². The van der Waals surface area contributed by atoms with Crippen LogP contribution in [0, 0.1) is 23.1 Å². The van der Waals surface area contributed by atoms with Gasteiger partial charge in [0.1, 0.15) is 5.82 Å². The van der Waals surface area contributed by atoms with Gasteiger partial charge in [-0.15, -0.1) is 0 Å². The van der Waals surface area contributed by atoms with Gasteiger partial charge in [0.2, 0.25) is 0 Å². The Morgan fingerprint density at radius 1 is 1.33 bits per heavy atom. The Balaban J connectivity index is 2.97. The highest BCUT2D eigenvalue weighted by Crippen LogP contribution is 2.25. The molecule has 0 amide bonds. The van der Waals surface area contributed by atoms with E-state index in [1.54, 1.807) is 39.0 Å². The molecule has 3 heteroatoms. The number of rotatable bonds is 4. The molecule has 21 heavy (non-hydrogen) atoms. The van der Waals surface area contributed by atoms with E-state index in [1.165, 1.54) is 6.07 Å². The predicted octanol–water partition coefficient (Wildman–Crippen LogP) is 4.65. The Hall–Kier alpha value is -1.82. The fraction of sp³-hybridized carbons (Fsp3) is 0.500. The number of halogens is 1. The Kier molecular flexibility index (Phi) is 6.42. The summed E-state index contributed by atoms with van der Waals surface area (Å²) in [5.74, 6) is 5.06. The highest BCUT2D eigenvalue weighted by atomic mass is 19.1. The van der Waals surface area contributed by atoms with Gasteiger partial charge in [0.05, 0.1) is 5.41 Å². The minimum absolute atomic E-state index is 0.305. The maximum atomic E-state index is 13.9. The highest BCUT2D eigenvalue weighted by Gasteiger charge is 2.27. The van der Waals surface area contributed by atoms with Gasteiger partial charge in [0, 0.05) is 12.0 Å². The molecular weight excluding hydrogens is 267 g/mol. The molecular formula is C18H23FO2. The third-order valence-electron chi connectivity index (χ3n) is 2.91. The van der Waals surface area contributed by atoms with E-state index in [9.17, 15) is 9.18 Å². The summed E-state index contributed by atoms with van der Waals surface area (Å²) < 4.78 is 19.3. The summed E-state index contributed by atoms with van der Waals surface area (Å²) in [4.78, 5) is 12.0. The quantitative estimate of drug-likeness (QED) is 0.458. The van der Waals surface area contributed by atoms with E-state index in [0.29, 0.717) is 12.0 Å². The number of hydrogen-bond donors (Lipinski definition) is 0. The molecule has 0 aliphatic carbocycles. The maximum Gasteiger partial charge on any atom is 0.312 e. The predicted molar refractivity (Wildman–Crippen MR) is 82.0 cm³/mol. The Morgan fingerprint density at radius 2 is 2.00 bits per heavy atom. The van der Waals surface area contributed by atoms with E-state index in [-0.39, 0.29) is 5.97 Å². The molecule has 1 aromatic rings. The van der Waals surface area contributed by atoms with Crippen LogP contribution in [0.5, 0.6) is 0 Å². The fourth-order valence-electron chi connectivity index (χ4n) is 1.57. The summed E-state index contributed by atoms with van der Waals surface area (Å²) in [6.45, 7) is 7.37. The van der Waals surface area contributed by atoms with E-state index in [2.05, 4.69) is 18.8 Å². The van der Waals surface area contributed by atoms with Crippen molar-refractivity contribution in [1.82, 2.24) is 0 Å². The van der Waals surface area contributed by atoms with Gasteiger partial charge in [-0.05, 0) is 33.3 Å². The summed E-state index contributed by atoms with van der Waals surface area (Å²) in [5.41, 5.74) is -0.340. The van der Waals surface area contributed by atoms with Crippen molar-refractivity contribution in [1.29, 1.82) is 0 Å². The fourth-order valence-corrected chi connectivity index (χ4v) is 1.57. The number of ether oxygens (including phenoxy) is 1. The van der Waals surface area contributed by atoms with Gasteiger partial charge >= 0.3 is 5.97 Å². The molecule has 0 heterocycles. The second-order valence-corrected chi connectivity index (χ2v) is 5.98. The summed E-state index contributed by atoms with van der Waals surface area (Å²) in [7, 11) is 0. The topological polar surface area (TPSA) is 26.3 Å². The Morgan fingerprint density at radius 3 is 2.57 bits per heavy atom. The van der Waals surface area contributed by atoms with Crippen molar-refractivity contribution in [3.8, 4) is 11.8 Å². The lowest BCUT2D eigenvalue weighted by molar-refractivity contribution is -0.156. The molecule has 2 nitrogen and oxygen atoms in total. The molecule has 0 fully saturated rings. The van der Waals surface area contributed by atoms with Crippen LogP contribution in [0.15, 0.2) is 24.3 Å². The summed E-state index contributed by atoms with van der Waals surface area (Å²) >= 11 is 0. The molecule has 1 rings (SSSR count). The minimum Gasteiger partial charge on any atom is -0.444 e. The zero-order chi connectivity index (χ0) is 15.9. The number of esters is 1. The van der Waals surface area contributed by atoms with Crippen LogP contribution in [0.3, 0.4) is 0 Å². The number of carbonyl (C=O) groups excluding carboxylic acids is 1. The van der Waals surface area contributed by atoms with Gasteiger partial charge in [-0.3, -0.25) is 4.79 Å². The lowest BCUT2D eigenvalue weighted by atomic mass is 9.97. The van der Waals surface area contributed by atoms with Crippen LogP contribution < -0.4 is 0 Å². The van der Waals surface area contributed by atoms with Gasteiger partial charge in [-0.2, -0.15) is 0 Å². The molecule has 0 spiro atoms. The second kappa shape index (κ2) is 7.83. The summed E-state index contributed by atoms with van der Waals surface area (Å²) in [5, 5.41) is 0. The van der Waals surface area contributed by atoms with Crippen LogP contribution in [-0.4, -0.2) is 5.97 Å². The molecule has 1 atom stereocenters. The van der Waals surface area contributed by atoms with E-state index >= 15 is 0 Å². The molecule has 0 N–H and O–H groups in total. The number of benzene rings is 1. The Labute approximate surface area is 126 Å². The van der Waals surface area contributed by atoms with Gasteiger partial charge < -0.3 is 4.74 Å². The molecule has 0 bridgehead atoms. The van der Waals surface area contributed by atoms with Crippen molar-refractivity contribution in [2.45, 2.75) is 53.1 Å². The molecule has 0 saturated carbocycles. The molecule has 0 aliphatic rings. The molecule has 0 aromatic heterocycles. The van der Waals surface area contributed by atoms with Crippen LogP contribution in [0.2, 0.25) is 0 Å². The van der Waals surface area contributed by atoms with Gasteiger partial charge in [-0.1, -0.05) is 43.4 Å². The second-order valence-electron chi connectivity index (χ2n) is 5.98. The molecule has 1 unspecified atom stereocenters. The first-order chi connectivity index (χ1) is 9.86. The van der Waals surface area contributed by atoms with E-state index < -0.39 is 17.3 Å². The monoisotopic (exact) mass is 290 g/mol. The molecule has 0 saturated heterocycles. The lowest BCUT2D eigenvalue weighted by Gasteiger charge is -2.20. The molecule has 0 radical (unpaired) electrons. The number of hydrogen-bond acceptors (Lipinski definition) is 2. The van der Waals surface area contributed by atoms with Crippen molar-refractivity contribution < 1.29 is 13.9 Å². The van der Waals surface area contributed by atoms with Gasteiger partial charge in [0.15, 0.2) is 6.10 Å². The van der Waals surface area contributed by atoms with Crippen LogP contribution in [0.1, 0.15) is 58.6 Å². The first-order valence-corrected chi connectivity index (χ1v) is 7.30. The maximum absolute atomic E-state index is 13.9. The number of carbonyl (C=O) groups is 1. The van der Waals surface area contributed by atoms with Crippen molar-refractivity contribution in [3.63, 3.8) is 0 Å². The van der Waals surface area contributed by atoms with Crippen LogP contribution in [0.4, 0.5) is 4.39 Å². The third kappa shape index (κ3) is 5.59. The lowest BCUT2D eigenvalue weighted by Crippen LogP contribution is -2.25. The first kappa shape index (κ1) is 17.2. The van der Waals surface area contributed by atoms with E-state index in [0.717, 1.165) is 12.8 Å². The molecule has 1 aromatic carbocycles. The largest absolute Gasteiger partial charge is 0.444 e. The van der Waals surface area contributed by atoms with E-state index in [1.807, 2.05) is 0 Å². The summed E-state index contributed by atoms with van der Waals surface area (Å²) in [6.07, 6.45) is 1.88. The van der Waals surface area contributed by atoms with E-state index in [4.69, 9.17) is 4.74 Å². The normalized spacial score (nSPS) is 12.2. The van der Waals surface area contributed by atoms with Crippen molar-refractivity contribution in [2.75, 3.05) is 0 Å². The highest BCUT2D eigenvalue weighted by molar-refractivity contribution is 5.76. The average Bonchev–Trinajstić information content (AvgIpc) is 2.41. The average molecular weight is 290 g/mol. The van der Waals surface area contributed by atoms with Gasteiger partial charge in [0.25, 0.3) is 0 Å². The smallest absolute Gasteiger partial charge is 0.312 e. The SMILES string of the molecule is CCCCC#CC(OC(=O)C(C)(C)C)c1ccccc1F. The third-order valence-corrected chi connectivity index (χ3v) is 2.91. The molecule has 114 valence electrons. The van der Waals surface area contributed by atoms with Crippen molar-refractivity contribution >= 4 is 5.97 Å². The standard InChI is InChI=1S/C18H23FO2/c1-5-6-7-8-13-16(21-17(20)18(2,3)4)14-11-9-10-12-15(14)19/h9-12,16H,5-7H2,1-4H3. The zero-order valence-corrected chi connectivity index (χ0v) is 13.2.